The lowest BCUT2D eigenvalue weighted by Crippen LogP contribution is -2.44. The molecule has 1 aromatic heterocycles. The van der Waals surface area contributed by atoms with Crippen LogP contribution in [0.25, 0.3) is 0 Å². The van der Waals surface area contributed by atoms with Crippen LogP contribution in [0.1, 0.15) is 65.2 Å². The number of hydrogen-bond acceptors (Lipinski definition) is 12. The fourth-order valence-corrected chi connectivity index (χ4v) is 8.46. The van der Waals surface area contributed by atoms with E-state index in [1.165, 1.54) is 26.6 Å². The molecule has 3 N–H and O–H groups in total. The second-order valence-corrected chi connectivity index (χ2v) is 18.5. The van der Waals surface area contributed by atoms with E-state index in [9.17, 15) is 18.0 Å². The molecule has 57 heavy (non-hydrogen) atoms. The van der Waals surface area contributed by atoms with Crippen molar-refractivity contribution in [1.29, 1.82) is 0 Å². The fraction of sp³-hybridized carbons (Fsp3) is 0.436. The topological polar surface area (TPSA) is 170 Å². The molecule has 18 heteroatoms. The highest BCUT2D eigenvalue weighted by molar-refractivity contribution is 9.10. The first kappa shape index (κ1) is 45.0. The Bertz CT molecular complexity index is 2110. The first-order valence-electron chi connectivity index (χ1n) is 18.0. The van der Waals surface area contributed by atoms with Crippen LogP contribution in [0.3, 0.4) is 0 Å². The van der Waals surface area contributed by atoms with Gasteiger partial charge in [0.15, 0.2) is 0 Å². The summed E-state index contributed by atoms with van der Waals surface area (Å²) in [6, 6.07) is 14.3. The number of nitrogens with one attached hydrogen (secondary N) is 3. The molecule has 0 spiro atoms. The smallest absolute Gasteiger partial charge is 0.407 e. The number of halogens is 2. The Labute approximate surface area is 346 Å². The van der Waals surface area contributed by atoms with E-state index in [2.05, 4.69) is 41.2 Å². The van der Waals surface area contributed by atoms with Crippen molar-refractivity contribution in [3.63, 3.8) is 0 Å². The van der Waals surface area contributed by atoms with Gasteiger partial charge in [0, 0.05) is 52.7 Å². The van der Waals surface area contributed by atoms with Crippen molar-refractivity contribution in [3.05, 3.63) is 87.9 Å². The van der Waals surface area contributed by atoms with Crippen LogP contribution < -0.4 is 29.7 Å². The number of benzene rings is 3. The van der Waals surface area contributed by atoms with Gasteiger partial charge in [-0.15, -0.1) is 0 Å². The van der Waals surface area contributed by atoms with Gasteiger partial charge in [-0.05, 0) is 106 Å². The van der Waals surface area contributed by atoms with Crippen molar-refractivity contribution in [2.75, 3.05) is 30.4 Å². The van der Waals surface area contributed by atoms with Gasteiger partial charge >= 0.3 is 12.2 Å². The minimum absolute atomic E-state index is 0.0292. The maximum Gasteiger partial charge on any atom is 0.407 e. The molecule has 0 aliphatic heterocycles. The van der Waals surface area contributed by atoms with Gasteiger partial charge in [0.2, 0.25) is 5.13 Å². The second kappa shape index (κ2) is 19.2. The quantitative estimate of drug-likeness (QED) is 0.0995. The zero-order chi connectivity index (χ0) is 42.1. The molecule has 0 unspecified atom stereocenters. The van der Waals surface area contributed by atoms with Crippen molar-refractivity contribution in [2.45, 2.75) is 90.1 Å². The lowest BCUT2D eigenvalue weighted by molar-refractivity contribution is 0.0488. The van der Waals surface area contributed by atoms with Crippen molar-refractivity contribution in [3.8, 4) is 11.5 Å². The molecule has 14 nitrogen and oxygen atoms in total. The number of nitrogens with zero attached hydrogens (tertiary/aromatic N) is 3. The van der Waals surface area contributed by atoms with E-state index in [0.717, 1.165) is 33.0 Å². The van der Waals surface area contributed by atoms with Crippen LogP contribution in [0.15, 0.2) is 70.3 Å². The molecule has 0 fully saturated rings. The van der Waals surface area contributed by atoms with E-state index < -0.39 is 50.2 Å². The third-order valence-electron chi connectivity index (χ3n) is 8.39. The Morgan fingerprint density at radius 3 is 2.21 bits per heavy atom. The molecule has 0 saturated carbocycles. The summed E-state index contributed by atoms with van der Waals surface area (Å²) >= 11 is 4.30. The molecule has 4 rings (SSSR count). The van der Waals surface area contributed by atoms with E-state index >= 15 is 4.39 Å². The standard InChI is InChI=1S/C39H50BrFN6O8S2/c1-24(46-37(49)55-39(5,6)7)28(16-25-12-10-11-13-26(25)20-43-36(48)54-38(2,3)4)21-42-32-19-31(41)34(18-30(32)40)57(50,51)47(35-44-23-45-56-35)22-27-14-15-29(52-8)17-33(27)53-9/h10-15,17-19,23-24,28,42H,16,20-22H2,1-9H3,(H,43,48)(H,46,49)/t24-,28+/m1/s1. The number of anilines is 2. The molecule has 4 aromatic rings. The molecule has 3 aromatic carbocycles. The third-order valence-corrected chi connectivity index (χ3v) is 11.6. The molecule has 0 radical (unpaired) electrons. The summed E-state index contributed by atoms with van der Waals surface area (Å²) in [4.78, 5) is 28.8. The number of carbonyl (C=O) groups excluding carboxylic acids is 2. The highest BCUT2D eigenvalue weighted by atomic mass is 79.9. The molecule has 0 bridgehead atoms. The normalized spacial score (nSPS) is 12.9. The minimum atomic E-state index is -4.55. The van der Waals surface area contributed by atoms with Crippen LogP contribution in [0.2, 0.25) is 0 Å². The molecule has 2 amide bonds. The minimum Gasteiger partial charge on any atom is -0.497 e. The SMILES string of the molecule is COc1ccc(CN(c2ncns2)S(=O)(=O)c2cc(Br)c(NC[C@H](Cc3ccccc3CNC(=O)OC(C)(C)C)[C@@H](C)NC(=O)OC(C)(C)C)cc2F)c(OC)c1. The van der Waals surface area contributed by atoms with Gasteiger partial charge in [0.1, 0.15) is 39.7 Å². The van der Waals surface area contributed by atoms with Crippen molar-refractivity contribution < 1.29 is 41.3 Å². The lowest BCUT2D eigenvalue weighted by Gasteiger charge is -2.28. The van der Waals surface area contributed by atoms with E-state index in [1.54, 1.807) is 59.7 Å². The van der Waals surface area contributed by atoms with Crippen LogP contribution in [-0.2, 0) is 39.0 Å². The number of sulfonamides is 1. The maximum absolute atomic E-state index is 16.1. The summed E-state index contributed by atoms with van der Waals surface area (Å²) in [5.74, 6) is -0.444. The summed E-state index contributed by atoms with van der Waals surface area (Å²) in [5, 5.41) is 8.99. The molecule has 0 aliphatic carbocycles. The average molecular weight is 894 g/mol. The molecule has 310 valence electrons. The molecular formula is C39H50BrFN6O8S2. The molecule has 1 heterocycles. The first-order valence-corrected chi connectivity index (χ1v) is 21.0. The average Bonchev–Trinajstić information content (AvgIpc) is 3.65. The number of aromatic nitrogens is 2. The molecular weight excluding hydrogens is 843 g/mol. The summed E-state index contributed by atoms with van der Waals surface area (Å²) < 4.78 is 71.5. The Hall–Kier alpha value is -4.68. The second-order valence-electron chi connectivity index (χ2n) is 15.1. The number of carbonyl (C=O) groups is 2. The van der Waals surface area contributed by atoms with Gasteiger partial charge < -0.3 is 34.9 Å². The van der Waals surface area contributed by atoms with E-state index in [-0.39, 0.29) is 40.8 Å². The van der Waals surface area contributed by atoms with Crippen LogP contribution in [0.4, 0.5) is 24.8 Å². The zero-order valence-electron chi connectivity index (χ0n) is 33.4. The lowest BCUT2D eigenvalue weighted by atomic mass is 9.90. The fourth-order valence-electron chi connectivity index (χ4n) is 5.62. The largest absolute Gasteiger partial charge is 0.497 e. The summed E-state index contributed by atoms with van der Waals surface area (Å²) in [6.45, 7) is 12.7. The number of alkyl carbamates (subject to hydrolysis) is 2. The van der Waals surface area contributed by atoms with Crippen LogP contribution >= 0.6 is 27.5 Å². The van der Waals surface area contributed by atoms with Crippen molar-refractivity contribution in [2.24, 2.45) is 5.92 Å². The summed E-state index contributed by atoms with van der Waals surface area (Å²) in [5.41, 5.74) is 1.11. The van der Waals surface area contributed by atoms with Gasteiger partial charge in [-0.2, -0.15) is 4.37 Å². The number of amides is 2. The van der Waals surface area contributed by atoms with E-state index in [4.69, 9.17) is 18.9 Å². The van der Waals surface area contributed by atoms with Gasteiger partial charge in [0.25, 0.3) is 10.0 Å². The van der Waals surface area contributed by atoms with Crippen molar-refractivity contribution >= 4 is 60.5 Å². The summed E-state index contributed by atoms with van der Waals surface area (Å²) in [7, 11) is -1.60. The van der Waals surface area contributed by atoms with E-state index in [0.29, 0.717) is 23.5 Å². The molecule has 2 atom stereocenters. The Kier molecular flexibility index (Phi) is 15.1. The first-order chi connectivity index (χ1) is 26.7. The number of hydrogen-bond donors (Lipinski definition) is 3. The molecule has 0 saturated heterocycles. The number of ether oxygens (including phenoxy) is 4. The van der Waals surface area contributed by atoms with Gasteiger partial charge in [-0.3, -0.25) is 0 Å². The highest BCUT2D eigenvalue weighted by Crippen LogP contribution is 2.35. The predicted octanol–water partition coefficient (Wildman–Crippen LogP) is 8.06. The third kappa shape index (κ3) is 12.9. The summed E-state index contributed by atoms with van der Waals surface area (Å²) in [6.07, 6.45) is 0.487. The van der Waals surface area contributed by atoms with E-state index in [1.807, 2.05) is 31.2 Å². The Balaban J connectivity index is 1.62. The van der Waals surface area contributed by atoms with Crippen molar-refractivity contribution in [1.82, 2.24) is 20.0 Å². The zero-order valence-corrected chi connectivity index (χ0v) is 36.7. The van der Waals surface area contributed by atoms with Crippen LogP contribution in [0, 0.1) is 11.7 Å². The number of rotatable bonds is 16. The monoisotopic (exact) mass is 892 g/mol. The van der Waals surface area contributed by atoms with Gasteiger partial charge in [-0.1, -0.05) is 24.3 Å². The maximum atomic E-state index is 16.1. The Morgan fingerprint density at radius 2 is 1.60 bits per heavy atom. The van der Waals surface area contributed by atoms with Crippen LogP contribution in [0.5, 0.6) is 11.5 Å². The highest BCUT2D eigenvalue weighted by Gasteiger charge is 2.32. The number of methoxy groups -OCH3 is 2. The Morgan fingerprint density at radius 1 is 0.930 bits per heavy atom. The van der Waals surface area contributed by atoms with Gasteiger partial charge in [-0.25, -0.2) is 31.7 Å². The predicted molar refractivity (Wildman–Crippen MR) is 221 cm³/mol. The van der Waals surface area contributed by atoms with Crippen LogP contribution in [-0.4, -0.2) is 68.0 Å². The van der Waals surface area contributed by atoms with Gasteiger partial charge in [0.05, 0.1) is 26.5 Å². The molecule has 0 aliphatic rings.